The van der Waals surface area contributed by atoms with Crippen LogP contribution in [0.2, 0.25) is 0 Å². The van der Waals surface area contributed by atoms with Crippen LogP contribution in [0.4, 0.5) is 0 Å². The predicted octanol–water partition coefficient (Wildman–Crippen LogP) is 3.06. The molecule has 0 spiro atoms. The van der Waals surface area contributed by atoms with Crippen LogP contribution in [0.15, 0.2) is 24.4 Å². The van der Waals surface area contributed by atoms with E-state index in [0.717, 1.165) is 56.4 Å². The highest BCUT2D eigenvalue weighted by Crippen LogP contribution is 2.35. The topological polar surface area (TPSA) is 79.9 Å². The van der Waals surface area contributed by atoms with E-state index in [4.69, 9.17) is 4.74 Å². The molecule has 6 nitrogen and oxygen atoms in total. The highest BCUT2D eigenvalue weighted by molar-refractivity contribution is 14.1. The van der Waals surface area contributed by atoms with Crippen molar-refractivity contribution in [3.63, 3.8) is 0 Å². The number of hydrogen-bond acceptors (Lipinski definition) is 4. The summed E-state index contributed by atoms with van der Waals surface area (Å²) in [4.78, 5) is 24.8. The van der Waals surface area contributed by atoms with Gasteiger partial charge in [-0.25, -0.2) is 4.98 Å². The van der Waals surface area contributed by atoms with Crippen LogP contribution in [0.1, 0.15) is 28.9 Å². The van der Waals surface area contributed by atoms with Gasteiger partial charge < -0.3 is 15.0 Å². The van der Waals surface area contributed by atoms with Crippen molar-refractivity contribution in [2.24, 2.45) is 0 Å². The average Bonchev–Trinajstić information content (AvgIpc) is 3.36. The average molecular weight is 446 g/mol. The van der Waals surface area contributed by atoms with E-state index >= 15 is 0 Å². The molecule has 1 saturated carbocycles. The Morgan fingerprint density at radius 2 is 2.12 bits per heavy atom. The third-order valence-electron chi connectivity index (χ3n) is 4.54. The smallest absolute Gasteiger partial charge is 0.254 e. The number of carbonyl (C=O) groups excluding carboxylic acids is 1. The maximum absolute atomic E-state index is 12.2. The predicted molar refractivity (Wildman–Crippen MR) is 102 cm³/mol. The second kappa shape index (κ2) is 5.69. The van der Waals surface area contributed by atoms with Crippen LogP contribution in [-0.2, 0) is 6.42 Å². The summed E-state index contributed by atoms with van der Waals surface area (Å²) < 4.78 is 6.76. The molecule has 1 amide bonds. The Balaban J connectivity index is 1.68. The molecular weight excluding hydrogens is 431 g/mol. The van der Waals surface area contributed by atoms with Gasteiger partial charge in [0.25, 0.3) is 5.91 Å². The fraction of sp³-hybridized carbons (Fsp3) is 0.278. The monoisotopic (exact) mass is 446 g/mol. The molecule has 0 aromatic carbocycles. The first-order valence-electron chi connectivity index (χ1n) is 8.32. The number of carbonyl (C=O) groups is 1. The standard InChI is InChI=1S/C18H15IN4O2/c19-15-14-11(6-8-21-18(14)24)22-17(15)10-5-7-20-12-3-4-13(23-16(10)12)25-9-1-2-9/h3-5,7,9,22H,1-2,6,8H2,(H,21,24). The van der Waals surface area contributed by atoms with Gasteiger partial charge in [-0.15, -0.1) is 0 Å². The summed E-state index contributed by atoms with van der Waals surface area (Å²) >= 11 is 2.24. The molecule has 1 fully saturated rings. The van der Waals surface area contributed by atoms with Gasteiger partial charge in [-0.1, -0.05) is 0 Å². The molecule has 4 heterocycles. The van der Waals surface area contributed by atoms with Crippen molar-refractivity contribution < 1.29 is 9.53 Å². The van der Waals surface area contributed by atoms with E-state index in [1.165, 1.54) is 0 Å². The van der Waals surface area contributed by atoms with Gasteiger partial charge in [-0.2, -0.15) is 0 Å². The number of H-pyrrole nitrogens is 1. The maximum Gasteiger partial charge on any atom is 0.254 e. The van der Waals surface area contributed by atoms with Gasteiger partial charge in [0.15, 0.2) is 0 Å². The zero-order valence-corrected chi connectivity index (χ0v) is 15.5. The Labute approximate surface area is 157 Å². The molecule has 3 aromatic heterocycles. The first-order valence-corrected chi connectivity index (χ1v) is 9.40. The molecule has 2 N–H and O–H groups in total. The molecule has 1 aliphatic heterocycles. The number of ether oxygens (including phenoxy) is 1. The number of nitrogens with zero attached hydrogens (tertiary/aromatic N) is 2. The van der Waals surface area contributed by atoms with Crippen molar-refractivity contribution in [3.05, 3.63) is 39.2 Å². The molecule has 1 aliphatic carbocycles. The first-order chi connectivity index (χ1) is 12.2. The number of aromatic amines is 1. The van der Waals surface area contributed by atoms with Crippen LogP contribution in [0.3, 0.4) is 0 Å². The van der Waals surface area contributed by atoms with Gasteiger partial charge in [0.1, 0.15) is 11.6 Å². The lowest BCUT2D eigenvalue weighted by Gasteiger charge is -2.11. The minimum Gasteiger partial charge on any atom is -0.474 e. The van der Waals surface area contributed by atoms with Gasteiger partial charge in [-0.3, -0.25) is 9.78 Å². The molecule has 0 atom stereocenters. The Morgan fingerprint density at radius 3 is 2.92 bits per heavy atom. The Hall–Kier alpha value is -2.16. The lowest BCUT2D eigenvalue weighted by atomic mass is 10.1. The number of hydrogen-bond donors (Lipinski definition) is 2. The van der Waals surface area contributed by atoms with Crippen molar-refractivity contribution >= 4 is 39.5 Å². The number of fused-ring (bicyclic) bond motifs is 2. The summed E-state index contributed by atoms with van der Waals surface area (Å²) in [5, 5.41) is 2.91. The second-order valence-electron chi connectivity index (χ2n) is 6.37. The summed E-state index contributed by atoms with van der Waals surface area (Å²) in [5.41, 5.74) is 5.20. The second-order valence-corrected chi connectivity index (χ2v) is 7.45. The van der Waals surface area contributed by atoms with Gasteiger partial charge in [0.2, 0.25) is 5.88 Å². The fourth-order valence-electron chi connectivity index (χ4n) is 3.16. The normalized spacial score (nSPS) is 16.6. The molecule has 7 heteroatoms. The van der Waals surface area contributed by atoms with Crippen LogP contribution in [0, 0.1) is 3.57 Å². The lowest BCUT2D eigenvalue weighted by molar-refractivity contribution is 0.0945. The van der Waals surface area contributed by atoms with Gasteiger partial charge in [0, 0.05) is 36.5 Å². The van der Waals surface area contributed by atoms with Gasteiger partial charge in [0.05, 0.1) is 20.3 Å². The largest absolute Gasteiger partial charge is 0.474 e. The summed E-state index contributed by atoms with van der Waals surface area (Å²) in [5.74, 6) is 0.616. The number of nitrogens with one attached hydrogen (secondary N) is 2. The van der Waals surface area contributed by atoms with E-state index in [0.29, 0.717) is 18.5 Å². The summed E-state index contributed by atoms with van der Waals surface area (Å²) in [6.07, 6.45) is 5.07. The summed E-state index contributed by atoms with van der Waals surface area (Å²) in [6, 6.07) is 5.75. The van der Waals surface area contributed by atoms with Crippen LogP contribution in [-0.4, -0.2) is 33.5 Å². The minimum absolute atomic E-state index is 0.0165. The molecule has 0 unspecified atom stereocenters. The van der Waals surface area contributed by atoms with Crippen molar-refractivity contribution in [1.82, 2.24) is 20.3 Å². The molecule has 0 radical (unpaired) electrons. The molecule has 5 rings (SSSR count). The SMILES string of the molecule is O=C1NCCc2[nH]c(-c3ccnc4ccc(OC5CC5)nc34)c(I)c21. The number of amides is 1. The Kier molecular flexibility index (Phi) is 3.44. The van der Waals surface area contributed by atoms with Crippen LogP contribution >= 0.6 is 22.6 Å². The third kappa shape index (κ3) is 2.57. The summed E-state index contributed by atoms with van der Waals surface area (Å²) in [7, 11) is 0. The number of aromatic nitrogens is 3. The molecule has 126 valence electrons. The van der Waals surface area contributed by atoms with Crippen molar-refractivity contribution in [1.29, 1.82) is 0 Å². The lowest BCUT2D eigenvalue weighted by Crippen LogP contribution is -2.31. The Bertz CT molecular complexity index is 1010. The first kappa shape index (κ1) is 15.1. The van der Waals surface area contributed by atoms with E-state index in [1.807, 2.05) is 18.2 Å². The molecule has 25 heavy (non-hydrogen) atoms. The highest BCUT2D eigenvalue weighted by Gasteiger charge is 2.27. The number of rotatable bonds is 3. The van der Waals surface area contributed by atoms with Crippen molar-refractivity contribution in [3.8, 4) is 17.1 Å². The van der Waals surface area contributed by atoms with Crippen molar-refractivity contribution in [2.75, 3.05) is 6.54 Å². The van der Waals surface area contributed by atoms with E-state index < -0.39 is 0 Å². The van der Waals surface area contributed by atoms with Crippen LogP contribution in [0.25, 0.3) is 22.3 Å². The third-order valence-corrected chi connectivity index (χ3v) is 5.62. The highest BCUT2D eigenvalue weighted by atomic mass is 127. The zero-order chi connectivity index (χ0) is 17.0. The minimum atomic E-state index is -0.0165. The Morgan fingerprint density at radius 1 is 1.24 bits per heavy atom. The molecule has 0 saturated heterocycles. The van der Waals surface area contributed by atoms with E-state index in [9.17, 15) is 4.79 Å². The van der Waals surface area contributed by atoms with E-state index in [2.05, 4.69) is 42.9 Å². The quantitative estimate of drug-likeness (QED) is 0.607. The fourth-order valence-corrected chi connectivity index (χ4v) is 4.15. The maximum atomic E-state index is 12.2. The number of pyridine rings is 2. The van der Waals surface area contributed by atoms with Crippen molar-refractivity contribution in [2.45, 2.75) is 25.4 Å². The number of halogens is 1. The molecule has 3 aromatic rings. The van der Waals surface area contributed by atoms with Crippen LogP contribution < -0.4 is 10.1 Å². The summed E-state index contributed by atoms with van der Waals surface area (Å²) in [6.45, 7) is 0.663. The zero-order valence-electron chi connectivity index (χ0n) is 13.3. The molecular formula is C18H15IN4O2. The molecule has 2 aliphatic rings. The van der Waals surface area contributed by atoms with E-state index in [-0.39, 0.29) is 5.91 Å². The van der Waals surface area contributed by atoms with Gasteiger partial charge in [-0.05, 0) is 47.6 Å². The molecule has 0 bridgehead atoms. The van der Waals surface area contributed by atoms with Gasteiger partial charge >= 0.3 is 0 Å². The van der Waals surface area contributed by atoms with Crippen LogP contribution in [0.5, 0.6) is 5.88 Å². The van der Waals surface area contributed by atoms with E-state index in [1.54, 1.807) is 6.20 Å².